The molecular weight excluding hydrogens is 226 g/mol. The number of oxime groups is 1. The van der Waals surface area contributed by atoms with Crippen LogP contribution in [0.3, 0.4) is 0 Å². The molecule has 1 saturated carbocycles. The zero-order valence-electron chi connectivity index (χ0n) is 8.52. The maximum Gasteiger partial charge on any atom is 0.146 e. The Bertz CT molecular complexity index is 466. The average Bonchev–Trinajstić information content (AvgIpc) is 2.84. The second-order valence-corrected chi connectivity index (χ2v) is 4.55. The van der Waals surface area contributed by atoms with E-state index in [-0.39, 0.29) is 17.8 Å². The third kappa shape index (κ3) is 1.43. The van der Waals surface area contributed by atoms with Gasteiger partial charge in [-0.05, 0) is 18.6 Å². The van der Waals surface area contributed by atoms with E-state index in [0.717, 1.165) is 17.7 Å². The third-order valence-corrected chi connectivity index (χ3v) is 3.37. The minimum Gasteiger partial charge on any atom is -0.391 e. The summed E-state index contributed by atoms with van der Waals surface area (Å²) < 4.78 is 0. The van der Waals surface area contributed by atoms with E-state index in [1.54, 1.807) is 12.1 Å². The average molecular weight is 236 g/mol. The second kappa shape index (κ2) is 3.59. The first-order valence-corrected chi connectivity index (χ1v) is 5.66. The van der Waals surface area contributed by atoms with Crippen LogP contribution in [-0.4, -0.2) is 17.6 Å². The zero-order valence-corrected chi connectivity index (χ0v) is 9.28. The number of benzene rings is 1. The molecule has 0 aromatic heterocycles. The Labute approximate surface area is 98.0 Å². The molecule has 1 fully saturated rings. The number of nitrogens with zero attached hydrogens (tertiary/aromatic N) is 1. The zero-order chi connectivity index (χ0) is 11.1. The summed E-state index contributed by atoms with van der Waals surface area (Å²) in [6.45, 7) is 0. The number of halogens is 1. The Kier molecular flexibility index (Phi) is 2.21. The molecule has 3 rings (SSSR count). The van der Waals surface area contributed by atoms with Crippen molar-refractivity contribution in [1.82, 2.24) is 0 Å². The molecule has 0 amide bonds. The number of Topliss-reactive ketones (excluding diaryl/α,β-unsaturated/α-hetero) is 1. The molecule has 0 spiro atoms. The fraction of sp³-hybridized carbons (Fsp3) is 0.333. The van der Waals surface area contributed by atoms with Crippen molar-refractivity contribution in [2.75, 3.05) is 0 Å². The highest BCUT2D eigenvalue weighted by molar-refractivity contribution is 6.30. The van der Waals surface area contributed by atoms with Crippen LogP contribution in [0, 0.1) is 5.92 Å². The largest absolute Gasteiger partial charge is 0.391 e. The van der Waals surface area contributed by atoms with Crippen molar-refractivity contribution in [2.24, 2.45) is 11.1 Å². The fourth-order valence-electron chi connectivity index (χ4n) is 2.29. The fourth-order valence-corrected chi connectivity index (χ4v) is 2.42. The summed E-state index contributed by atoms with van der Waals surface area (Å²) in [6, 6.07) is 7.34. The summed E-state index contributed by atoms with van der Waals surface area (Å²) >= 11 is 5.82. The number of hydrogen-bond donors (Lipinski definition) is 0. The molecule has 2 aliphatic rings. The van der Waals surface area contributed by atoms with Gasteiger partial charge >= 0.3 is 0 Å². The number of fused-ring (bicyclic) bond motifs is 1. The molecular formula is C12H10ClNO2. The number of rotatable bonds is 1. The minimum atomic E-state index is -0.166. The normalized spacial score (nSPS) is 27.6. The van der Waals surface area contributed by atoms with Gasteiger partial charge in [0.25, 0.3) is 0 Å². The van der Waals surface area contributed by atoms with E-state index in [1.165, 1.54) is 0 Å². The monoisotopic (exact) mass is 235 g/mol. The summed E-state index contributed by atoms with van der Waals surface area (Å²) in [5.41, 5.74) is 1.68. The van der Waals surface area contributed by atoms with Gasteiger partial charge < -0.3 is 4.84 Å². The van der Waals surface area contributed by atoms with E-state index >= 15 is 0 Å². The molecule has 1 aromatic rings. The molecule has 0 bridgehead atoms. The Morgan fingerprint density at radius 2 is 2.06 bits per heavy atom. The van der Waals surface area contributed by atoms with Crippen molar-refractivity contribution in [3.63, 3.8) is 0 Å². The first kappa shape index (κ1) is 9.85. The molecule has 82 valence electrons. The van der Waals surface area contributed by atoms with Crippen LogP contribution in [0.5, 0.6) is 0 Å². The van der Waals surface area contributed by atoms with Gasteiger partial charge in [0.1, 0.15) is 23.5 Å². The SMILES string of the molecule is O=C1CC[C@H]2ON=C(c3ccc(Cl)cc3)[C@@H]12. The molecule has 1 aromatic carbocycles. The van der Waals surface area contributed by atoms with Crippen LogP contribution in [0.15, 0.2) is 29.4 Å². The molecule has 0 N–H and O–H groups in total. The lowest BCUT2D eigenvalue weighted by atomic mass is 9.94. The number of hydrogen-bond acceptors (Lipinski definition) is 3. The molecule has 1 aliphatic heterocycles. The Hall–Kier alpha value is -1.35. The molecule has 0 radical (unpaired) electrons. The van der Waals surface area contributed by atoms with E-state index in [2.05, 4.69) is 5.16 Å². The molecule has 16 heavy (non-hydrogen) atoms. The van der Waals surface area contributed by atoms with Crippen LogP contribution in [-0.2, 0) is 9.63 Å². The van der Waals surface area contributed by atoms with Crippen LogP contribution in [0.25, 0.3) is 0 Å². The highest BCUT2D eigenvalue weighted by atomic mass is 35.5. The van der Waals surface area contributed by atoms with Gasteiger partial charge in [0, 0.05) is 17.0 Å². The number of carbonyl (C=O) groups excluding carboxylic acids is 1. The lowest BCUT2D eigenvalue weighted by Gasteiger charge is -2.07. The lowest BCUT2D eigenvalue weighted by Crippen LogP contribution is -2.23. The van der Waals surface area contributed by atoms with E-state index in [1.807, 2.05) is 12.1 Å². The Morgan fingerprint density at radius 1 is 1.31 bits per heavy atom. The van der Waals surface area contributed by atoms with Crippen LogP contribution in [0.1, 0.15) is 18.4 Å². The number of ketones is 1. The van der Waals surface area contributed by atoms with Crippen LogP contribution >= 0.6 is 11.6 Å². The van der Waals surface area contributed by atoms with Gasteiger partial charge in [0.05, 0.1) is 0 Å². The Balaban J connectivity index is 1.96. The van der Waals surface area contributed by atoms with E-state index in [0.29, 0.717) is 11.4 Å². The maximum absolute atomic E-state index is 11.7. The predicted molar refractivity (Wildman–Crippen MR) is 60.6 cm³/mol. The first-order valence-electron chi connectivity index (χ1n) is 5.28. The standard InChI is InChI=1S/C12H10ClNO2/c13-8-3-1-7(2-4-8)12-11-9(15)5-6-10(11)16-14-12/h1-4,10-11H,5-6H2/t10-,11+/m1/s1. The van der Waals surface area contributed by atoms with Crippen LogP contribution < -0.4 is 0 Å². The quantitative estimate of drug-likeness (QED) is 0.750. The summed E-state index contributed by atoms with van der Waals surface area (Å²) in [5, 5.41) is 4.70. The van der Waals surface area contributed by atoms with Crippen molar-refractivity contribution in [2.45, 2.75) is 18.9 Å². The molecule has 4 heteroatoms. The Morgan fingerprint density at radius 3 is 2.81 bits per heavy atom. The van der Waals surface area contributed by atoms with Gasteiger partial charge in [-0.15, -0.1) is 0 Å². The summed E-state index contributed by atoms with van der Waals surface area (Å²) in [5.74, 6) is 0.0670. The molecule has 0 unspecified atom stereocenters. The summed E-state index contributed by atoms with van der Waals surface area (Å²) in [4.78, 5) is 17.0. The maximum atomic E-state index is 11.7. The van der Waals surface area contributed by atoms with Crippen molar-refractivity contribution < 1.29 is 9.63 Å². The van der Waals surface area contributed by atoms with Gasteiger partial charge in [-0.25, -0.2) is 0 Å². The molecule has 2 atom stereocenters. The van der Waals surface area contributed by atoms with Gasteiger partial charge in [-0.1, -0.05) is 28.9 Å². The van der Waals surface area contributed by atoms with Gasteiger partial charge in [0.15, 0.2) is 0 Å². The smallest absolute Gasteiger partial charge is 0.146 e. The van der Waals surface area contributed by atoms with Crippen molar-refractivity contribution >= 4 is 23.1 Å². The topological polar surface area (TPSA) is 38.7 Å². The number of carbonyl (C=O) groups is 1. The van der Waals surface area contributed by atoms with Gasteiger partial charge in [-0.3, -0.25) is 4.79 Å². The molecule has 0 saturated heterocycles. The highest BCUT2D eigenvalue weighted by Crippen LogP contribution is 2.33. The molecule has 1 aliphatic carbocycles. The predicted octanol–water partition coefficient (Wildman–Crippen LogP) is 2.42. The van der Waals surface area contributed by atoms with E-state index < -0.39 is 0 Å². The van der Waals surface area contributed by atoms with Crippen molar-refractivity contribution in [3.8, 4) is 0 Å². The van der Waals surface area contributed by atoms with E-state index in [4.69, 9.17) is 16.4 Å². The van der Waals surface area contributed by atoms with Crippen LogP contribution in [0.2, 0.25) is 5.02 Å². The van der Waals surface area contributed by atoms with E-state index in [9.17, 15) is 4.79 Å². The van der Waals surface area contributed by atoms with Crippen molar-refractivity contribution in [3.05, 3.63) is 34.9 Å². The van der Waals surface area contributed by atoms with Gasteiger partial charge in [-0.2, -0.15) is 0 Å². The lowest BCUT2D eigenvalue weighted by molar-refractivity contribution is -0.119. The molecule has 1 heterocycles. The minimum absolute atomic E-state index is 0.0434. The first-order chi connectivity index (χ1) is 7.75. The van der Waals surface area contributed by atoms with Gasteiger partial charge in [0.2, 0.25) is 0 Å². The third-order valence-electron chi connectivity index (χ3n) is 3.11. The van der Waals surface area contributed by atoms with Crippen LogP contribution in [0.4, 0.5) is 0 Å². The summed E-state index contributed by atoms with van der Waals surface area (Å²) in [6.07, 6.45) is 1.34. The highest BCUT2D eigenvalue weighted by Gasteiger charge is 2.44. The van der Waals surface area contributed by atoms with Crippen molar-refractivity contribution in [1.29, 1.82) is 0 Å². The second-order valence-electron chi connectivity index (χ2n) is 4.11. The molecule has 3 nitrogen and oxygen atoms in total. The summed E-state index contributed by atoms with van der Waals surface area (Å²) in [7, 11) is 0.